The maximum Gasteiger partial charge on any atom is 0.0402 e. The molecule has 1 saturated heterocycles. The van der Waals surface area contributed by atoms with Crippen LogP contribution in [0.4, 0.5) is 0 Å². The third kappa shape index (κ3) is 0.839. The van der Waals surface area contributed by atoms with Crippen LogP contribution >= 0.6 is 11.8 Å². The van der Waals surface area contributed by atoms with E-state index < -0.39 is 0 Å². The first-order valence-corrected chi connectivity index (χ1v) is 2.89. The van der Waals surface area contributed by atoms with E-state index in [9.17, 15) is 0 Å². The minimum absolute atomic E-state index is 1.30. The van der Waals surface area contributed by atoms with Gasteiger partial charge in [-0.2, -0.15) is 11.8 Å². The molecule has 0 aromatic rings. The molecule has 0 aromatic carbocycles. The van der Waals surface area contributed by atoms with Crippen LogP contribution in [0.15, 0.2) is 0 Å². The smallest absolute Gasteiger partial charge is 0.0402 e. The van der Waals surface area contributed by atoms with E-state index in [4.69, 9.17) is 0 Å². The zero-order chi connectivity index (χ0) is 3.70. The topological polar surface area (TPSA) is 0 Å². The molecule has 0 atom stereocenters. The molecule has 0 nitrogen and oxygen atoms in total. The summed E-state index contributed by atoms with van der Waals surface area (Å²) in [4.78, 5) is 0. The quantitative estimate of drug-likeness (QED) is 0.438. The van der Waals surface area contributed by atoms with Crippen LogP contribution in [0.5, 0.6) is 0 Å². The lowest BCUT2D eigenvalue weighted by atomic mass is 10.4. The van der Waals surface area contributed by atoms with Gasteiger partial charge in [-0.05, 0) is 6.42 Å². The van der Waals surface area contributed by atoms with Gasteiger partial charge in [0.05, 0.1) is 0 Å². The van der Waals surface area contributed by atoms with E-state index in [0.717, 1.165) is 0 Å². The molecular formula is C4H7S. The second-order valence-corrected chi connectivity index (χ2v) is 2.34. The normalized spacial score (nSPS) is 23.4. The van der Waals surface area contributed by atoms with Gasteiger partial charge in [0.25, 0.3) is 0 Å². The Morgan fingerprint density at radius 1 is 2.00 bits per heavy atom. The summed E-state index contributed by atoms with van der Waals surface area (Å²) < 4.78 is 0. The van der Waals surface area contributed by atoms with Crippen LogP contribution in [-0.4, -0.2) is 5.75 Å². The van der Waals surface area contributed by atoms with Crippen molar-refractivity contribution in [2.75, 3.05) is 5.75 Å². The molecule has 5 heavy (non-hydrogen) atoms. The highest BCUT2D eigenvalue weighted by atomic mass is 32.2. The average molecular weight is 87.2 g/mol. The minimum atomic E-state index is 1.30. The maximum absolute atomic E-state index is 2.20. The summed E-state index contributed by atoms with van der Waals surface area (Å²) in [5.74, 6) is 1.34. The van der Waals surface area contributed by atoms with Crippen molar-refractivity contribution in [2.24, 2.45) is 0 Å². The second-order valence-electron chi connectivity index (χ2n) is 1.18. The Hall–Kier alpha value is 0.350. The Labute approximate surface area is 37.0 Å². The molecule has 1 aliphatic heterocycles. The van der Waals surface area contributed by atoms with E-state index in [0.29, 0.717) is 0 Å². The van der Waals surface area contributed by atoms with Gasteiger partial charge in [0.15, 0.2) is 0 Å². The molecule has 1 aliphatic rings. The van der Waals surface area contributed by atoms with Crippen LogP contribution in [0.1, 0.15) is 13.3 Å². The fraction of sp³-hybridized carbons (Fsp3) is 0.750. The Kier molecular flexibility index (Phi) is 0.856. The number of hydrogen-bond donors (Lipinski definition) is 0. The molecule has 1 radical (unpaired) electrons. The third-order valence-electron chi connectivity index (χ3n) is 0.743. The summed E-state index contributed by atoms with van der Waals surface area (Å²) >= 11 is 1.98. The zero-order valence-corrected chi connectivity index (χ0v) is 4.14. The van der Waals surface area contributed by atoms with Crippen molar-refractivity contribution >= 4 is 11.8 Å². The molecular weight excluding hydrogens is 80.1 g/mol. The fourth-order valence-electron chi connectivity index (χ4n) is 0.255. The summed E-state index contributed by atoms with van der Waals surface area (Å²) in [5, 5.41) is 1.67. The van der Waals surface area contributed by atoms with E-state index in [1.807, 2.05) is 11.8 Å². The van der Waals surface area contributed by atoms with Gasteiger partial charge in [-0.1, -0.05) is 6.92 Å². The van der Waals surface area contributed by atoms with E-state index >= 15 is 0 Å². The van der Waals surface area contributed by atoms with Gasteiger partial charge < -0.3 is 0 Å². The summed E-state index contributed by atoms with van der Waals surface area (Å²) in [5.41, 5.74) is 0. The first kappa shape index (κ1) is 3.54. The van der Waals surface area contributed by atoms with Gasteiger partial charge in [0, 0.05) is 11.0 Å². The van der Waals surface area contributed by atoms with Crippen molar-refractivity contribution in [1.29, 1.82) is 0 Å². The monoisotopic (exact) mass is 87.0 g/mol. The molecule has 1 heteroatoms. The first-order chi connectivity index (χ1) is 2.43. The molecule has 0 saturated carbocycles. The van der Waals surface area contributed by atoms with Crippen molar-refractivity contribution in [1.82, 2.24) is 0 Å². The molecule has 0 unspecified atom stereocenters. The number of thioether (sulfide) groups is 1. The molecule has 1 fully saturated rings. The van der Waals surface area contributed by atoms with Gasteiger partial charge in [-0.25, -0.2) is 0 Å². The lowest BCUT2D eigenvalue weighted by molar-refractivity contribution is 1.11. The Morgan fingerprint density at radius 3 is 2.60 bits per heavy atom. The number of rotatable bonds is 1. The molecule has 0 spiro atoms. The fourth-order valence-corrected chi connectivity index (χ4v) is 0.765. The molecule has 1 rings (SSSR count). The Morgan fingerprint density at radius 2 is 2.60 bits per heavy atom. The van der Waals surface area contributed by atoms with Crippen molar-refractivity contribution in [3.8, 4) is 0 Å². The van der Waals surface area contributed by atoms with E-state index in [1.165, 1.54) is 12.2 Å². The van der Waals surface area contributed by atoms with Crippen molar-refractivity contribution in [2.45, 2.75) is 13.3 Å². The standard InChI is InChI=1S/C4H7S/c1-2-4-3-5-4/h2-3H2,1H3. The molecule has 0 bridgehead atoms. The average Bonchev–Trinajstić information content (AvgIpc) is 2.12. The highest BCUT2D eigenvalue weighted by Crippen LogP contribution is 2.41. The van der Waals surface area contributed by atoms with Crippen LogP contribution in [0, 0.1) is 5.25 Å². The first-order valence-electron chi connectivity index (χ1n) is 1.91. The van der Waals surface area contributed by atoms with Gasteiger partial charge >= 0.3 is 0 Å². The maximum atomic E-state index is 2.20. The summed E-state index contributed by atoms with van der Waals surface area (Å²) in [7, 11) is 0. The summed E-state index contributed by atoms with van der Waals surface area (Å²) in [6, 6.07) is 0. The summed E-state index contributed by atoms with van der Waals surface area (Å²) in [6.07, 6.45) is 1.30. The van der Waals surface area contributed by atoms with Crippen molar-refractivity contribution < 1.29 is 0 Å². The van der Waals surface area contributed by atoms with E-state index in [-0.39, 0.29) is 0 Å². The van der Waals surface area contributed by atoms with Crippen LogP contribution in [-0.2, 0) is 0 Å². The Bertz CT molecular complexity index is 30.6. The van der Waals surface area contributed by atoms with E-state index in [2.05, 4.69) is 6.92 Å². The minimum Gasteiger partial charge on any atom is -0.151 e. The molecule has 0 N–H and O–H groups in total. The van der Waals surface area contributed by atoms with Gasteiger partial charge in [0.2, 0.25) is 0 Å². The molecule has 1 heterocycles. The van der Waals surface area contributed by atoms with Gasteiger partial charge in [0.1, 0.15) is 0 Å². The molecule has 0 amide bonds. The molecule has 0 aliphatic carbocycles. The highest BCUT2D eigenvalue weighted by Gasteiger charge is 2.19. The largest absolute Gasteiger partial charge is 0.151 e. The van der Waals surface area contributed by atoms with Crippen LogP contribution < -0.4 is 0 Å². The lowest BCUT2D eigenvalue weighted by Gasteiger charge is -1.69. The molecule has 29 valence electrons. The van der Waals surface area contributed by atoms with Crippen molar-refractivity contribution in [3.05, 3.63) is 5.25 Å². The Balaban J connectivity index is 2.00. The SMILES string of the molecule is CC[C]1CS1. The zero-order valence-electron chi connectivity index (χ0n) is 3.32. The highest BCUT2D eigenvalue weighted by molar-refractivity contribution is 8.09. The van der Waals surface area contributed by atoms with Crippen LogP contribution in [0.25, 0.3) is 0 Å². The van der Waals surface area contributed by atoms with Crippen molar-refractivity contribution in [3.63, 3.8) is 0 Å². The predicted molar refractivity (Wildman–Crippen MR) is 26.0 cm³/mol. The predicted octanol–water partition coefficient (Wildman–Crippen LogP) is 1.68. The van der Waals surface area contributed by atoms with E-state index in [1.54, 1.807) is 5.25 Å². The van der Waals surface area contributed by atoms with Gasteiger partial charge in [-0.15, -0.1) is 0 Å². The van der Waals surface area contributed by atoms with Gasteiger partial charge in [-0.3, -0.25) is 0 Å². The number of hydrogen-bond acceptors (Lipinski definition) is 1. The van der Waals surface area contributed by atoms with Crippen LogP contribution in [0.3, 0.4) is 0 Å². The third-order valence-corrected chi connectivity index (χ3v) is 1.73. The summed E-state index contributed by atoms with van der Waals surface area (Å²) in [6.45, 7) is 2.20. The molecule has 0 aromatic heterocycles. The van der Waals surface area contributed by atoms with Crippen LogP contribution in [0.2, 0.25) is 0 Å². The lowest BCUT2D eigenvalue weighted by Crippen LogP contribution is -1.57. The second kappa shape index (κ2) is 1.21.